The van der Waals surface area contributed by atoms with Gasteiger partial charge in [-0.05, 0) is 25.7 Å². The highest BCUT2D eigenvalue weighted by molar-refractivity contribution is 5.94. The van der Waals surface area contributed by atoms with Gasteiger partial charge in [-0.3, -0.25) is 14.3 Å². The van der Waals surface area contributed by atoms with Crippen LogP contribution in [-0.4, -0.2) is 34.8 Å². The Labute approximate surface area is 149 Å². The Hall–Kier alpha value is -1.85. The largest absolute Gasteiger partial charge is 0.469 e. The number of hydrogen-bond acceptors (Lipinski definition) is 4. The van der Waals surface area contributed by atoms with Crippen molar-refractivity contribution in [1.82, 2.24) is 15.1 Å². The predicted octanol–water partition coefficient (Wildman–Crippen LogP) is 3.24. The Morgan fingerprint density at radius 2 is 1.76 bits per heavy atom. The first-order valence-corrected chi connectivity index (χ1v) is 9.62. The third-order valence-corrected chi connectivity index (χ3v) is 5.65. The van der Waals surface area contributed by atoms with Crippen molar-refractivity contribution in [3.63, 3.8) is 0 Å². The summed E-state index contributed by atoms with van der Waals surface area (Å²) < 4.78 is 6.88. The van der Waals surface area contributed by atoms with Crippen molar-refractivity contribution in [2.24, 2.45) is 5.92 Å². The molecule has 2 atom stereocenters. The highest BCUT2D eigenvalue weighted by Crippen LogP contribution is 2.28. The first-order valence-electron chi connectivity index (χ1n) is 9.62. The van der Waals surface area contributed by atoms with Crippen LogP contribution in [0.15, 0.2) is 12.4 Å². The number of nitrogens with one attached hydrogen (secondary N) is 1. The van der Waals surface area contributed by atoms with Gasteiger partial charge in [0.1, 0.15) is 0 Å². The topological polar surface area (TPSA) is 73.2 Å². The maximum Gasteiger partial charge on any atom is 0.310 e. The first kappa shape index (κ1) is 18.0. The number of rotatable bonds is 4. The summed E-state index contributed by atoms with van der Waals surface area (Å²) in [6.45, 7) is 0. The van der Waals surface area contributed by atoms with Gasteiger partial charge in [-0.15, -0.1) is 0 Å². The molecule has 1 aromatic heterocycles. The van der Waals surface area contributed by atoms with Crippen LogP contribution in [0.25, 0.3) is 0 Å². The lowest BCUT2D eigenvalue weighted by atomic mass is 9.94. The lowest BCUT2D eigenvalue weighted by Crippen LogP contribution is -2.43. The zero-order valence-electron chi connectivity index (χ0n) is 15.1. The molecule has 0 bridgehead atoms. The summed E-state index contributed by atoms with van der Waals surface area (Å²) in [6, 6.07) is 0.261. The van der Waals surface area contributed by atoms with Crippen molar-refractivity contribution in [3.8, 4) is 0 Å². The molecule has 6 heteroatoms. The van der Waals surface area contributed by atoms with Gasteiger partial charge in [0, 0.05) is 12.2 Å². The van der Waals surface area contributed by atoms with E-state index in [1.165, 1.54) is 26.4 Å². The van der Waals surface area contributed by atoms with E-state index in [-0.39, 0.29) is 23.8 Å². The average Bonchev–Trinajstić information content (AvgIpc) is 3.03. The molecule has 1 heterocycles. The number of nitrogens with zero attached hydrogens (tertiary/aromatic N) is 2. The molecule has 1 amide bonds. The lowest BCUT2D eigenvalue weighted by Gasteiger charge is -2.24. The smallest absolute Gasteiger partial charge is 0.310 e. The fraction of sp³-hybridized carbons (Fsp3) is 0.737. The lowest BCUT2D eigenvalue weighted by molar-refractivity contribution is -0.146. The van der Waals surface area contributed by atoms with Gasteiger partial charge in [0.15, 0.2) is 0 Å². The van der Waals surface area contributed by atoms with Crippen molar-refractivity contribution in [2.75, 3.05) is 7.11 Å². The highest BCUT2D eigenvalue weighted by Gasteiger charge is 2.32. The number of methoxy groups -OCH3 is 1. The van der Waals surface area contributed by atoms with Crippen LogP contribution in [0.1, 0.15) is 80.6 Å². The third-order valence-electron chi connectivity index (χ3n) is 5.65. The fourth-order valence-electron chi connectivity index (χ4n) is 4.17. The van der Waals surface area contributed by atoms with E-state index >= 15 is 0 Å². The van der Waals surface area contributed by atoms with E-state index in [1.54, 1.807) is 6.20 Å². The minimum atomic E-state index is -0.246. The summed E-state index contributed by atoms with van der Waals surface area (Å²) in [4.78, 5) is 24.7. The van der Waals surface area contributed by atoms with E-state index in [9.17, 15) is 9.59 Å². The van der Waals surface area contributed by atoms with Crippen molar-refractivity contribution >= 4 is 11.9 Å². The highest BCUT2D eigenvalue weighted by atomic mass is 16.5. The van der Waals surface area contributed by atoms with Gasteiger partial charge in [-0.1, -0.05) is 38.5 Å². The third kappa shape index (κ3) is 4.41. The summed E-state index contributed by atoms with van der Waals surface area (Å²) in [6.07, 6.45) is 14.3. The van der Waals surface area contributed by atoms with Crippen LogP contribution in [-0.2, 0) is 9.53 Å². The fourth-order valence-corrected chi connectivity index (χ4v) is 4.17. The molecule has 0 aliphatic heterocycles. The van der Waals surface area contributed by atoms with E-state index in [4.69, 9.17) is 4.74 Å². The minimum Gasteiger partial charge on any atom is -0.469 e. The van der Waals surface area contributed by atoms with Crippen LogP contribution in [0.4, 0.5) is 0 Å². The van der Waals surface area contributed by atoms with Crippen LogP contribution in [0.3, 0.4) is 0 Å². The molecular weight excluding hydrogens is 318 g/mol. The SMILES string of the molecule is COC(=O)[C@@H]1CCCCC[C@@H]1NC(=O)c1cnn(C2CCCCC2)c1. The molecule has 3 rings (SSSR count). The van der Waals surface area contributed by atoms with Gasteiger partial charge in [0.05, 0.1) is 30.8 Å². The number of aromatic nitrogens is 2. The molecule has 2 fully saturated rings. The van der Waals surface area contributed by atoms with E-state index in [0.29, 0.717) is 11.6 Å². The van der Waals surface area contributed by atoms with Gasteiger partial charge in [-0.2, -0.15) is 5.10 Å². The second-order valence-corrected chi connectivity index (χ2v) is 7.35. The molecule has 138 valence electrons. The molecule has 0 spiro atoms. The predicted molar refractivity (Wildman–Crippen MR) is 94.2 cm³/mol. The Morgan fingerprint density at radius 1 is 1.08 bits per heavy atom. The molecule has 2 aliphatic rings. The van der Waals surface area contributed by atoms with Gasteiger partial charge >= 0.3 is 5.97 Å². The Morgan fingerprint density at radius 3 is 2.48 bits per heavy atom. The maximum absolute atomic E-state index is 12.7. The minimum absolute atomic E-state index is 0.136. The molecule has 0 radical (unpaired) electrons. The summed E-state index contributed by atoms with van der Waals surface area (Å²) in [5.41, 5.74) is 0.582. The number of amides is 1. The van der Waals surface area contributed by atoms with Gasteiger partial charge < -0.3 is 10.1 Å². The Balaban J connectivity index is 1.65. The summed E-state index contributed by atoms with van der Waals surface area (Å²) >= 11 is 0. The molecular formula is C19H29N3O3. The van der Waals surface area contributed by atoms with Crippen LogP contribution in [0.2, 0.25) is 0 Å². The van der Waals surface area contributed by atoms with E-state index < -0.39 is 0 Å². The summed E-state index contributed by atoms with van der Waals surface area (Å²) in [5.74, 6) is -0.599. The zero-order valence-corrected chi connectivity index (χ0v) is 15.1. The summed E-state index contributed by atoms with van der Waals surface area (Å²) in [7, 11) is 1.42. The second kappa shape index (κ2) is 8.50. The zero-order chi connectivity index (χ0) is 17.6. The number of carbonyl (C=O) groups is 2. The number of esters is 1. The molecule has 6 nitrogen and oxygen atoms in total. The second-order valence-electron chi connectivity index (χ2n) is 7.35. The van der Waals surface area contributed by atoms with E-state index in [1.807, 2.05) is 10.9 Å². The van der Waals surface area contributed by atoms with Gasteiger partial charge in [0.25, 0.3) is 5.91 Å². The van der Waals surface area contributed by atoms with Crippen molar-refractivity contribution in [1.29, 1.82) is 0 Å². The number of ether oxygens (including phenoxy) is 1. The van der Waals surface area contributed by atoms with Crippen molar-refractivity contribution < 1.29 is 14.3 Å². The molecule has 1 N–H and O–H groups in total. The van der Waals surface area contributed by atoms with E-state index in [2.05, 4.69) is 10.4 Å². The Kier molecular flexibility index (Phi) is 6.10. The Bertz CT molecular complexity index is 592. The number of carbonyl (C=O) groups excluding carboxylic acids is 2. The molecule has 2 saturated carbocycles. The maximum atomic E-state index is 12.7. The quantitative estimate of drug-likeness (QED) is 0.670. The molecule has 0 saturated heterocycles. The summed E-state index contributed by atoms with van der Waals surface area (Å²) in [5, 5.41) is 7.47. The first-order chi connectivity index (χ1) is 12.2. The molecule has 0 unspecified atom stereocenters. The molecule has 2 aliphatic carbocycles. The number of hydrogen-bond donors (Lipinski definition) is 1. The van der Waals surface area contributed by atoms with Crippen molar-refractivity contribution in [2.45, 2.75) is 76.3 Å². The van der Waals surface area contributed by atoms with E-state index in [0.717, 1.165) is 44.9 Å². The van der Waals surface area contributed by atoms with Gasteiger partial charge in [0.2, 0.25) is 0 Å². The molecule has 1 aromatic rings. The normalized spacial score (nSPS) is 25.2. The average molecular weight is 347 g/mol. The monoisotopic (exact) mass is 347 g/mol. The van der Waals surface area contributed by atoms with Crippen LogP contribution < -0.4 is 5.32 Å². The molecule has 0 aromatic carbocycles. The van der Waals surface area contributed by atoms with Crippen LogP contribution in [0.5, 0.6) is 0 Å². The standard InChI is InChI=1S/C19H29N3O3/c1-25-19(24)16-10-6-3-7-11-17(16)21-18(23)14-12-20-22(13-14)15-8-4-2-5-9-15/h12-13,15-17H,2-11H2,1H3,(H,21,23)/t16-,17+/m1/s1. The van der Waals surface area contributed by atoms with Crippen LogP contribution >= 0.6 is 0 Å². The molecule has 25 heavy (non-hydrogen) atoms. The van der Waals surface area contributed by atoms with Crippen molar-refractivity contribution in [3.05, 3.63) is 18.0 Å². The van der Waals surface area contributed by atoms with Crippen LogP contribution in [0, 0.1) is 5.92 Å². The van der Waals surface area contributed by atoms with Gasteiger partial charge in [-0.25, -0.2) is 0 Å².